The van der Waals surface area contributed by atoms with E-state index in [1.54, 1.807) is 24.3 Å². The van der Waals surface area contributed by atoms with Crippen molar-refractivity contribution in [3.63, 3.8) is 0 Å². The van der Waals surface area contributed by atoms with Crippen molar-refractivity contribution >= 4 is 11.7 Å². The van der Waals surface area contributed by atoms with Gasteiger partial charge in [-0.1, -0.05) is 18.2 Å². The number of nitrogens with zero attached hydrogens (tertiary/aromatic N) is 1. The van der Waals surface area contributed by atoms with E-state index in [1.807, 2.05) is 6.07 Å². The summed E-state index contributed by atoms with van der Waals surface area (Å²) in [4.78, 5) is 11.4. The summed E-state index contributed by atoms with van der Waals surface area (Å²) in [6.45, 7) is 0.120. The molecule has 0 aliphatic carbocycles. The molecule has 5 heteroatoms. The molecule has 1 amide bonds. The SMILES string of the molecule is NC/C(N)=N/NC(=O)c1ccccc1. The first-order chi connectivity index (χ1) is 6.74. The number of nitrogens with two attached hydrogens (primary N) is 2. The monoisotopic (exact) mass is 192 g/mol. The molecule has 0 aromatic heterocycles. The number of hydrogen-bond donors (Lipinski definition) is 3. The highest BCUT2D eigenvalue weighted by molar-refractivity contribution is 5.95. The summed E-state index contributed by atoms with van der Waals surface area (Å²) in [5.74, 6) is -0.115. The molecule has 0 unspecified atom stereocenters. The minimum Gasteiger partial charge on any atom is -0.385 e. The predicted molar refractivity (Wildman–Crippen MR) is 54.6 cm³/mol. The molecule has 0 bridgehead atoms. The summed E-state index contributed by atoms with van der Waals surface area (Å²) in [7, 11) is 0. The molecule has 1 aromatic rings. The number of nitrogens with one attached hydrogen (secondary N) is 1. The van der Waals surface area contributed by atoms with Crippen LogP contribution in [-0.4, -0.2) is 18.3 Å². The molecule has 1 rings (SSSR count). The number of hydrogen-bond acceptors (Lipinski definition) is 3. The van der Waals surface area contributed by atoms with Gasteiger partial charge in [0.2, 0.25) is 0 Å². The van der Waals surface area contributed by atoms with E-state index in [0.717, 1.165) is 0 Å². The average Bonchev–Trinajstić information content (AvgIpc) is 2.26. The summed E-state index contributed by atoms with van der Waals surface area (Å²) >= 11 is 0. The van der Waals surface area contributed by atoms with Crippen molar-refractivity contribution in [1.29, 1.82) is 0 Å². The highest BCUT2D eigenvalue weighted by atomic mass is 16.2. The van der Waals surface area contributed by atoms with Crippen LogP contribution in [0, 0.1) is 0 Å². The Morgan fingerprint density at radius 1 is 1.36 bits per heavy atom. The third-order valence-corrected chi connectivity index (χ3v) is 1.55. The Balaban J connectivity index is 2.60. The molecule has 0 saturated heterocycles. The van der Waals surface area contributed by atoms with Crippen molar-refractivity contribution < 1.29 is 4.79 Å². The molecule has 1 aromatic carbocycles. The van der Waals surface area contributed by atoms with Crippen molar-refractivity contribution in [2.45, 2.75) is 0 Å². The maximum Gasteiger partial charge on any atom is 0.271 e. The third kappa shape index (κ3) is 2.87. The van der Waals surface area contributed by atoms with Crippen LogP contribution in [0.15, 0.2) is 35.4 Å². The molecule has 0 heterocycles. The zero-order chi connectivity index (χ0) is 10.4. The van der Waals surface area contributed by atoms with Crippen LogP contribution in [0.3, 0.4) is 0 Å². The molecule has 5 N–H and O–H groups in total. The van der Waals surface area contributed by atoms with E-state index < -0.39 is 0 Å². The second kappa shape index (κ2) is 4.98. The Labute approximate surface area is 81.8 Å². The summed E-state index contributed by atoms with van der Waals surface area (Å²) in [6, 6.07) is 8.73. The molecular weight excluding hydrogens is 180 g/mol. The molecule has 0 fully saturated rings. The molecule has 5 nitrogen and oxygen atoms in total. The number of hydrazone groups is 1. The number of amides is 1. The van der Waals surface area contributed by atoms with Gasteiger partial charge in [-0.2, -0.15) is 5.10 Å². The van der Waals surface area contributed by atoms with Crippen LogP contribution in [0.25, 0.3) is 0 Å². The van der Waals surface area contributed by atoms with Gasteiger partial charge < -0.3 is 11.5 Å². The van der Waals surface area contributed by atoms with Crippen molar-refractivity contribution in [3.05, 3.63) is 35.9 Å². The van der Waals surface area contributed by atoms with Gasteiger partial charge in [-0.15, -0.1) is 0 Å². The molecule has 0 saturated carbocycles. The first-order valence-electron chi connectivity index (χ1n) is 4.11. The van der Waals surface area contributed by atoms with Gasteiger partial charge in [0.25, 0.3) is 5.91 Å². The summed E-state index contributed by atoms with van der Waals surface area (Å²) < 4.78 is 0. The van der Waals surface area contributed by atoms with Crippen LogP contribution >= 0.6 is 0 Å². The van der Waals surface area contributed by atoms with Gasteiger partial charge in [0, 0.05) is 5.56 Å². The Bertz CT molecular complexity index is 334. The van der Waals surface area contributed by atoms with Crippen LogP contribution < -0.4 is 16.9 Å². The molecular formula is C9H12N4O. The number of carbonyl (C=O) groups is 1. The van der Waals surface area contributed by atoms with Crippen molar-refractivity contribution in [2.75, 3.05) is 6.54 Å². The molecule has 0 spiro atoms. The lowest BCUT2D eigenvalue weighted by Gasteiger charge is -2.00. The van der Waals surface area contributed by atoms with E-state index in [4.69, 9.17) is 11.5 Å². The fourth-order valence-corrected chi connectivity index (χ4v) is 0.822. The Morgan fingerprint density at radius 2 is 2.00 bits per heavy atom. The van der Waals surface area contributed by atoms with Gasteiger partial charge in [-0.25, -0.2) is 5.43 Å². The molecule has 0 radical (unpaired) electrons. The van der Waals surface area contributed by atoms with Crippen molar-refractivity contribution in [3.8, 4) is 0 Å². The van der Waals surface area contributed by atoms with E-state index in [1.165, 1.54) is 0 Å². The van der Waals surface area contributed by atoms with Crippen LogP contribution in [0.4, 0.5) is 0 Å². The predicted octanol–water partition coefficient (Wildman–Crippen LogP) is -0.353. The van der Waals surface area contributed by atoms with E-state index >= 15 is 0 Å². The van der Waals surface area contributed by atoms with Crippen molar-refractivity contribution in [2.24, 2.45) is 16.6 Å². The minimum atomic E-state index is -0.304. The minimum absolute atomic E-state index is 0.120. The van der Waals surface area contributed by atoms with Crippen LogP contribution in [0.1, 0.15) is 10.4 Å². The summed E-state index contributed by atoms with van der Waals surface area (Å²) in [6.07, 6.45) is 0. The highest BCUT2D eigenvalue weighted by Crippen LogP contribution is 1.97. The smallest absolute Gasteiger partial charge is 0.271 e. The lowest BCUT2D eigenvalue weighted by molar-refractivity contribution is 0.0954. The van der Waals surface area contributed by atoms with Gasteiger partial charge in [0.1, 0.15) is 5.84 Å². The lowest BCUT2D eigenvalue weighted by atomic mass is 10.2. The molecule has 74 valence electrons. The van der Waals surface area contributed by atoms with E-state index in [0.29, 0.717) is 5.56 Å². The Hall–Kier alpha value is -1.88. The number of carbonyl (C=O) groups excluding carboxylic acids is 1. The second-order valence-electron chi connectivity index (χ2n) is 2.61. The fourth-order valence-electron chi connectivity index (χ4n) is 0.822. The Kier molecular flexibility index (Phi) is 3.63. The molecule has 14 heavy (non-hydrogen) atoms. The topological polar surface area (TPSA) is 93.5 Å². The maximum absolute atomic E-state index is 11.4. The van der Waals surface area contributed by atoms with Crippen LogP contribution in [0.2, 0.25) is 0 Å². The quantitative estimate of drug-likeness (QED) is 0.347. The van der Waals surface area contributed by atoms with Crippen molar-refractivity contribution in [1.82, 2.24) is 5.43 Å². The standard InChI is InChI=1S/C9H12N4O/c10-6-8(11)12-13-9(14)7-4-2-1-3-5-7/h1-5H,6,10H2,(H2,11,12)(H,13,14). The molecule has 0 aliphatic heterocycles. The number of rotatable bonds is 3. The first kappa shape index (κ1) is 10.2. The lowest BCUT2D eigenvalue weighted by Crippen LogP contribution is -2.28. The van der Waals surface area contributed by atoms with E-state index in [-0.39, 0.29) is 18.3 Å². The maximum atomic E-state index is 11.4. The molecule has 0 atom stereocenters. The largest absolute Gasteiger partial charge is 0.385 e. The number of amidine groups is 1. The van der Waals surface area contributed by atoms with E-state index in [2.05, 4.69) is 10.5 Å². The fraction of sp³-hybridized carbons (Fsp3) is 0.111. The first-order valence-corrected chi connectivity index (χ1v) is 4.11. The normalized spacial score (nSPS) is 11.1. The Morgan fingerprint density at radius 3 is 2.57 bits per heavy atom. The van der Waals surface area contributed by atoms with Gasteiger partial charge in [0.05, 0.1) is 6.54 Å². The van der Waals surface area contributed by atoms with Crippen LogP contribution in [-0.2, 0) is 0 Å². The second-order valence-corrected chi connectivity index (χ2v) is 2.61. The van der Waals surface area contributed by atoms with Gasteiger partial charge in [-0.05, 0) is 12.1 Å². The van der Waals surface area contributed by atoms with Crippen LogP contribution in [0.5, 0.6) is 0 Å². The van der Waals surface area contributed by atoms with Gasteiger partial charge >= 0.3 is 0 Å². The summed E-state index contributed by atoms with van der Waals surface area (Å²) in [5.41, 5.74) is 13.3. The van der Waals surface area contributed by atoms with Gasteiger partial charge in [-0.3, -0.25) is 4.79 Å². The number of benzene rings is 1. The van der Waals surface area contributed by atoms with Gasteiger partial charge in [0.15, 0.2) is 0 Å². The third-order valence-electron chi connectivity index (χ3n) is 1.55. The average molecular weight is 192 g/mol. The zero-order valence-electron chi connectivity index (χ0n) is 7.60. The van der Waals surface area contributed by atoms with E-state index in [9.17, 15) is 4.79 Å². The zero-order valence-corrected chi connectivity index (χ0v) is 7.60. The summed E-state index contributed by atoms with van der Waals surface area (Å²) in [5, 5.41) is 3.59. The highest BCUT2D eigenvalue weighted by Gasteiger charge is 2.01. The molecule has 0 aliphatic rings.